The molecule has 1 aliphatic heterocycles. The highest BCUT2D eigenvalue weighted by Gasteiger charge is 2.33. The Morgan fingerprint density at radius 2 is 2.40 bits per heavy atom. The van der Waals surface area contributed by atoms with Crippen molar-refractivity contribution in [3.8, 4) is 0 Å². The van der Waals surface area contributed by atoms with E-state index in [-0.39, 0.29) is 6.04 Å². The van der Waals surface area contributed by atoms with Crippen LogP contribution in [0.1, 0.15) is 31.5 Å². The molecule has 2 heterocycles. The lowest BCUT2D eigenvalue weighted by Crippen LogP contribution is -2.32. The molecule has 2 atom stereocenters. The van der Waals surface area contributed by atoms with Gasteiger partial charge >= 0.3 is 0 Å². The van der Waals surface area contributed by atoms with Gasteiger partial charge in [-0.3, -0.25) is 4.90 Å². The van der Waals surface area contributed by atoms with Crippen molar-refractivity contribution < 1.29 is 0 Å². The average molecular weight is 208 g/mol. The molecule has 0 aromatic carbocycles. The minimum Gasteiger partial charge on any atom is -0.340 e. The molecule has 0 bridgehead atoms. The molecular formula is C11H20N4. The first kappa shape index (κ1) is 10.6. The number of hydrogen-bond acceptors (Lipinski definition) is 3. The first-order valence-corrected chi connectivity index (χ1v) is 5.70. The highest BCUT2D eigenvalue weighted by molar-refractivity contribution is 5.10. The van der Waals surface area contributed by atoms with Gasteiger partial charge in [0.2, 0.25) is 0 Å². The van der Waals surface area contributed by atoms with Crippen LogP contribution in [0.25, 0.3) is 0 Å². The van der Waals surface area contributed by atoms with Gasteiger partial charge in [-0.25, -0.2) is 4.98 Å². The fourth-order valence-corrected chi connectivity index (χ4v) is 2.41. The maximum Gasteiger partial charge on any atom is 0.0947 e. The molecule has 2 rings (SSSR count). The molecule has 0 radical (unpaired) electrons. The second kappa shape index (κ2) is 4.33. The van der Waals surface area contributed by atoms with Gasteiger partial charge < -0.3 is 10.3 Å². The van der Waals surface area contributed by atoms with E-state index in [1.54, 1.807) is 0 Å². The number of nitrogens with two attached hydrogens (primary N) is 1. The molecule has 1 aromatic heterocycles. The van der Waals surface area contributed by atoms with Crippen LogP contribution >= 0.6 is 0 Å². The zero-order valence-electron chi connectivity index (χ0n) is 9.56. The Morgan fingerprint density at radius 1 is 1.60 bits per heavy atom. The molecule has 1 fully saturated rings. The standard InChI is InChI=1S/C11H20N4/c1-3-5-15-6-4-9(12)11(15)10-7-14(2)8-13-10/h7-9,11H,3-6,12H2,1-2H3/t9-,11-/m1/s1. The maximum absolute atomic E-state index is 6.15. The van der Waals surface area contributed by atoms with E-state index < -0.39 is 0 Å². The summed E-state index contributed by atoms with van der Waals surface area (Å²) < 4.78 is 1.99. The summed E-state index contributed by atoms with van der Waals surface area (Å²) in [5, 5.41) is 0. The number of imidazole rings is 1. The van der Waals surface area contributed by atoms with E-state index in [0.29, 0.717) is 6.04 Å². The third kappa shape index (κ3) is 2.06. The monoisotopic (exact) mass is 208 g/mol. The molecule has 15 heavy (non-hydrogen) atoms. The minimum absolute atomic E-state index is 0.242. The molecular weight excluding hydrogens is 188 g/mol. The number of likely N-dealkylation sites (tertiary alicyclic amines) is 1. The Kier molecular flexibility index (Phi) is 3.07. The van der Waals surface area contributed by atoms with Crippen LogP contribution < -0.4 is 5.73 Å². The predicted octanol–water partition coefficient (Wildman–Crippen LogP) is 0.904. The minimum atomic E-state index is 0.242. The fourth-order valence-electron chi connectivity index (χ4n) is 2.41. The van der Waals surface area contributed by atoms with Crippen molar-refractivity contribution >= 4 is 0 Å². The summed E-state index contributed by atoms with van der Waals surface area (Å²) in [6.45, 7) is 4.44. The molecule has 4 heteroatoms. The molecule has 4 nitrogen and oxygen atoms in total. The number of hydrogen-bond donors (Lipinski definition) is 1. The summed E-state index contributed by atoms with van der Waals surface area (Å²) in [6, 6.07) is 0.567. The lowest BCUT2D eigenvalue weighted by molar-refractivity contribution is 0.244. The number of rotatable bonds is 3. The van der Waals surface area contributed by atoms with E-state index in [1.165, 1.54) is 6.42 Å². The fraction of sp³-hybridized carbons (Fsp3) is 0.727. The van der Waals surface area contributed by atoms with E-state index in [1.807, 2.05) is 17.9 Å². The summed E-state index contributed by atoms with van der Waals surface area (Å²) in [6.07, 6.45) is 6.19. The van der Waals surface area contributed by atoms with Crippen molar-refractivity contribution in [2.45, 2.75) is 31.8 Å². The Hall–Kier alpha value is -0.870. The molecule has 1 aliphatic rings. The van der Waals surface area contributed by atoms with Gasteiger partial charge in [0.25, 0.3) is 0 Å². The maximum atomic E-state index is 6.15. The first-order valence-electron chi connectivity index (χ1n) is 5.70. The van der Waals surface area contributed by atoms with Crippen molar-refractivity contribution in [3.63, 3.8) is 0 Å². The van der Waals surface area contributed by atoms with E-state index >= 15 is 0 Å². The van der Waals surface area contributed by atoms with Crippen LogP contribution in [0.15, 0.2) is 12.5 Å². The smallest absolute Gasteiger partial charge is 0.0947 e. The number of aryl methyl sites for hydroxylation is 1. The Labute approximate surface area is 91.1 Å². The Morgan fingerprint density at radius 3 is 3.00 bits per heavy atom. The zero-order valence-corrected chi connectivity index (χ0v) is 9.56. The topological polar surface area (TPSA) is 47.1 Å². The van der Waals surface area contributed by atoms with Crippen molar-refractivity contribution in [2.24, 2.45) is 12.8 Å². The molecule has 1 aromatic rings. The van der Waals surface area contributed by atoms with Crippen LogP contribution in [-0.2, 0) is 7.05 Å². The van der Waals surface area contributed by atoms with E-state index in [9.17, 15) is 0 Å². The predicted molar refractivity (Wildman–Crippen MR) is 60.4 cm³/mol. The van der Waals surface area contributed by atoms with Crippen LogP contribution in [0, 0.1) is 0 Å². The SMILES string of the molecule is CCCN1CC[C@@H](N)[C@@H]1c1cn(C)cn1. The third-order valence-corrected chi connectivity index (χ3v) is 3.09. The first-order chi connectivity index (χ1) is 7.22. The third-order valence-electron chi connectivity index (χ3n) is 3.09. The average Bonchev–Trinajstić information content (AvgIpc) is 2.74. The van der Waals surface area contributed by atoms with Gasteiger partial charge in [0.05, 0.1) is 18.1 Å². The lowest BCUT2D eigenvalue weighted by Gasteiger charge is -2.24. The van der Waals surface area contributed by atoms with E-state index in [4.69, 9.17) is 5.73 Å². The normalized spacial score (nSPS) is 27.4. The van der Waals surface area contributed by atoms with Crippen molar-refractivity contribution in [2.75, 3.05) is 13.1 Å². The largest absolute Gasteiger partial charge is 0.340 e. The highest BCUT2D eigenvalue weighted by atomic mass is 15.2. The van der Waals surface area contributed by atoms with Crippen LogP contribution in [0.4, 0.5) is 0 Å². The summed E-state index contributed by atoms with van der Waals surface area (Å²) in [4.78, 5) is 6.87. The number of nitrogens with zero attached hydrogens (tertiary/aromatic N) is 3. The molecule has 84 valence electrons. The van der Waals surface area contributed by atoms with Gasteiger partial charge in [0.1, 0.15) is 0 Å². The van der Waals surface area contributed by atoms with Gasteiger partial charge in [0, 0.05) is 25.8 Å². The second-order valence-electron chi connectivity index (χ2n) is 4.40. The molecule has 0 amide bonds. The van der Waals surface area contributed by atoms with Gasteiger partial charge in [-0.15, -0.1) is 0 Å². The van der Waals surface area contributed by atoms with Crippen LogP contribution in [-0.4, -0.2) is 33.6 Å². The molecule has 1 saturated heterocycles. The Balaban J connectivity index is 2.17. The zero-order chi connectivity index (χ0) is 10.8. The quantitative estimate of drug-likeness (QED) is 0.803. The van der Waals surface area contributed by atoms with Crippen LogP contribution in [0.5, 0.6) is 0 Å². The van der Waals surface area contributed by atoms with Crippen molar-refractivity contribution in [1.29, 1.82) is 0 Å². The summed E-state index contributed by atoms with van der Waals surface area (Å²) in [5.41, 5.74) is 7.27. The van der Waals surface area contributed by atoms with Gasteiger partial charge in [-0.05, 0) is 19.4 Å². The van der Waals surface area contributed by atoms with Crippen molar-refractivity contribution in [1.82, 2.24) is 14.5 Å². The molecule has 0 saturated carbocycles. The lowest BCUT2D eigenvalue weighted by atomic mass is 10.1. The summed E-state index contributed by atoms with van der Waals surface area (Å²) in [5.74, 6) is 0. The van der Waals surface area contributed by atoms with E-state index in [2.05, 4.69) is 23.0 Å². The van der Waals surface area contributed by atoms with Gasteiger partial charge in [0.15, 0.2) is 0 Å². The number of aromatic nitrogens is 2. The van der Waals surface area contributed by atoms with Crippen molar-refractivity contribution in [3.05, 3.63) is 18.2 Å². The Bertz CT molecular complexity index is 318. The highest BCUT2D eigenvalue weighted by Crippen LogP contribution is 2.29. The van der Waals surface area contributed by atoms with Crippen LogP contribution in [0.3, 0.4) is 0 Å². The molecule has 2 N–H and O–H groups in total. The molecule has 0 aliphatic carbocycles. The molecule has 0 unspecified atom stereocenters. The summed E-state index contributed by atoms with van der Waals surface area (Å²) in [7, 11) is 2.00. The summed E-state index contributed by atoms with van der Waals surface area (Å²) >= 11 is 0. The second-order valence-corrected chi connectivity index (χ2v) is 4.40. The molecule has 0 spiro atoms. The van der Waals surface area contributed by atoms with Gasteiger partial charge in [-0.1, -0.05) is 6.92 Å². The van der Waals surface area contributed by atoms with Crippen LogP contribution in [0.2, 0.25) is 0 Å². The van der Waals surface area contributed by atoms with E-state index in [0.717, 1.165) is 25.2 Å². The van der Waals surface area contributed by atoms with Gasteiger partial charge in [-0.2, -0.15) is 0 Å².